The number of fused-ring (bicyclic) bond motifs is 6. The minimum atomic E-state index is -0.379. The number of hydrogen-bond donors (Lipinski definition) is 0. The van der Waals surface area contributed by atoms with E-state index in [1.807, 2.05) is 0 Å². The highest BCUT2D eigenvalue weighted by Gasteiger charge is 2.43. The summed E-state index contributed by atoms with van der Waals surface area (Å²) in [4.78, 5) is 2.47. The summed E-state index contributed by atoms with van der Waals surface area (Å²) in [5, 5.41) is 5.02. The van der Waals surface area contributed by atoms with Crippen molar-refractivity contribution in [1.82, 2.24) is 0 Å². The van der Waals surface area contributed by atoms with E-state index in [0.29, 0.717) is 0 Å². The maximum atomic E-state index is 2.47. The van der Waals surface area contributed by atoms with Gasteiger partial charge >= 0.3 is 0 Å². The Hall–Kier alpha value is -8.26. The molecule has 1 atom stereocenters. The van der Waals surface area contributed by atoms with Gasteiger partial charge in [-0.25, -0.2) is 0 Å². The minimum Gasteiger partial charge on any atom is -0.310 e. The molecule has 65 heavy (non-hydrogen) atoms. The van der Waals surface area contributed by atoms with Gasteiger partial charge in [-0.3, -0.25) is 0 Å². The van der Waals surface area contributed by atoms with Gasteiger partial charge in [-0.1, -0.05) is 218 Å². The van der Waals surface area contributed by atoms with Crippen LogP contribution in [0.2, 0.25) is 0 Å². The molecule has 0 fully saturated rings. The van der Waals surface area contributed by atoms with E-state index >= 15 is 0 Å². The van der Waals surface area contributed by atoms with E-state index in [-0.39, 0.29) is 5.41 Å². The summed E-state index contributed by atoms with van der Waals surface area (Å²) in [6.45, 7) is 2.41. The molecule has 0 spiro atoms. The lowest BCUT2D eigenvalue weighted by Gasteiger charge is -2.34. The molecule has 0 bridgehead atoms. The van der Waals surface area contributed by atoms with Crippen LogP contribution in [0.1, 0.15) is 23.6 Å². The second-order valence-corrected chi connectivity index (χ2v) is 17.3. The zero-order valence-electron chi connectivity index (χ0n) is 36.2. The van der Waals surface area contributed by atoms with E-state index in [9.17, 15) is 0 Å². The largest absolute Gasteiger partial charge is 0.310 e. The van der Waals surface area contributed by atoms with Gasteiger partial charge in [0, 0.05) is 16.8 Å². The number of nitrogens with zero attached hydrogens (tertiary/aromatic N) is 1. The zero-order chi connectivity index (χ0) is 43.3. The summed E-state index contributed by atoms with van der Waals surface area (Å²) in [6.07, 6.45) is 0. The molecule has 1 heteroatoms. The topological polar surface area (TPSA) is 3.24 Å². The van der Waals surface area contributed by atoms with Gasteiger partial charge in [0.2, 0.25) is 0 Å². The van der Waals surface area contributed by atoms with E-state index in [4.69, 9.17) is 0 Å². The summed E-state index contributed by atoms with van der Waals surface area (Å²) in [7, 11) is 0. The van der Waals surface area contributed by atoms with Crippen LogP contribution in [-0.2, 0) is 5.41 Å². The van der Waals surface area contributed by atoms with Gasteiger partial charge in [-0.05, 0) is 137 Å². The molecule has 0 saturated heterocycles. The first-order valence-electron chi connectivity index (χ1n) is 22.6. The summed E-state index contributed by atoms with van der Waals surface area (Å²) in [5.41, 5.74) is 19.2. The fourth-order valence-electron chi connectivity index (χ4n) is 10.7. The van der Waals surface area contributed by atoms with E-state index in [1.54, 1.807) is 0 Å². The normalized spacial score (nSPS) is 14.0. The second kappa shape index (κ2) is 15.8. The standard InChI is InChI=1S/C64H45N/c1-64(50-25-12-5-13-26-50)59-31-17-16-28-55(59)57-30-18-32-60(63(57)64)65(51-38-33-45(34-39-51)44-19-6-2-7-20-44)52-40-35-46(36-41-52)49-37-42-54-53-27-14-15-29-56(53)61(47-21-8-3-9-22-47)62(58(54)43-49)48-23-10-4-11-24-48/h2-43H,1H3. The summed E-state index contributed by atoms with van der Waals surface area (Å²) < 4.78 is 0. The summed E-state index contributed by atoms with van der Waals surface area (Å²) in [5.74, 6) is 0. The van der Waals surface area contributed by atoms with Crippen molar-refractivity contribution in [3.8, 4) is 55.6 Å². The van der Waals surface area contributed by atoms with Crippen molar-refractivity contribution >= 4 is 38.6 Å². The quantitative estimate of drug-likeness (QED) is 0.138. The molecule has 0 N–H and O–H groups in total. The first-order valence-corrected chi connectivity index (χ1v) is 22.6. The highest BCUT2D eigenvalue weighted by Crippen LogP contribution is 2.57. The maximum Gasteiger partial charge on any atom is 0.0512 e. The van der Waals surface area contributed by atoms with E-state index in [2.05, 4.69) is 267 Å². The Labute approximate surface area is 381 Å². The predicted molar refractivity (Wildman–Crippen MR) is 275 cm³/mol. The SMILES string of the molecule is CC1(c2ccccc2)c2ccccc2-c2cccc(N(c3ccc(-c4ccccc4)cc3)c3ccc(-c4ccc5c(c4)c(-c4ccccc4)c(-c4ccccc4)c4ccccc45)cc3)c21. The predicted octanol–water partition coefficient (Wildman–Crippen LogP) is 17.5. The molecule has 1 aliphatic rings. The van der Waals surface area contributed by atoms with E-state index < -0.39 is 0 Å². The van der Waals surface area contributed by atoms with Gasteiger partial charge in [0.1, 0.15) is 0 Å². The third kappa shape index (κ3) is 6.39. The van der Waals surface area contributed by atoms with Crippen molar-refractivity contribution in [3.05, 3.63) is 271 Å². The molecule has 11 aromatic carbocycles. The molecule has 12 rings (SSSR count). The third-order valence-electron chi connectivity index (χ3n) is 13.7. The van der Waals surface area contributed by atoms with Crippen molar-refractivity contribution in [2.45, 2.75) is 12.3 Å². The van der Waals surface area contributed by atoms with Crippen LogP contribution in [0.25, 0.3) is 77.2 Å². The Morgan fingerprint density at radius 2 is 0.754 bits per heavy atom. The molecule has 11 aromatic rings. The summed E-state index contributed by atoms with van der Waals surface area (Å²) >= 11 is 0. The number of hydrogen-bond acceptors (Lipinski definition) is 1. The van der Waals surface area contributed by atoms with Gasteiger partial charge in [-0.2, -0.15) is 0 Å². The average molecular weight is 828 g/mol. The number of rotatable bonds is 8. The van der Waals surface area contributed by atoms with Gasteiger partial charge in [0.05, 0.1) is 5.69 Å². The Kier molecular flexibility index (Phi) is 9.35. The van der Waals surface area contributed by atoms with Crippen molar-refractivity contribution in [2.24, 2.45) is 0 Å². The Bertz CT molecular complexity index is 3500. The van der Waals surface area contributed by atoms with Crippen molar-refractivity contribution < 1.29 is 0 Å². The third-order valence-corrected chi connectivity index (χ3v) is 13.7. The minimum absolute atomic E-state index is 0.379. The highest BCUT2D eigenvalue weighted by atomic mass is 15.1. The van der Waals surface area contributed by atoms with Gasteiger partial charge in [0.15, 0.2) is 0 Å². The van der Waals surface area contributed by atoms with Crippen LogP contribution < -0.4 is 4.90 Å². The van der Waals surface area contributed by atoms with Gasteiger partial charge in [0.25, 0.3) is 0 Å². The molecule has 1 unspecified atom stereocenters. The molecule has 0 aliphatic heterocycles. The van der Waals surface area contributed by atoms with Crippen molar-refractivity contribution in [2.75, 3.05) is 4.90 Å². The fraction of sp³-hybridized carbons (Fsp3) is 0.0312. The molecule has 0 amide bonds. The van der Waals surface area contributed by atoms with Gasteiger partial charge in [-0.15, -0.1) is 0 Å². The lowest BCUT2D eigenvalue weighted by molar-refractivity contribution is 0.714. The zero-order valence-corrected chi connectivity index (χ0v) is 36.2. The molecule has 1 aliphatic carbocycles. The molecule has 1 nitrogen and oxygen atoms in total. The Morgan fingerprint density at radius 1 is 0.308 bits per heavy atom. The van der Waals surface area contributed by atoms with Crippen molar-refractivity contribution in [1.29, 1.82) is 0 Å². The van der Waals surface area contributed by atoms with E-state index in [1.165, 1.54) is 99.6 Å². The maximum absolute atomic E-state index is 2.47. The molecule has 0 aromatic heterocycles. The molecular formula is C64H45N. The van der Waals surface area contributed by atoms with Crippen LogP contribution in [0.3, 0.4) is 0 Å². The second-order valence-electron chi connectivity index (χ2n) is 17.3. The molecule has 0 saturated carbocycles. The first kappa shape index (κ1) is 38.4. The van der Waals surface area contributed by atoms with Gasteiger partial charge < -0.3 is 4.90 Å². The lowest BCUT2D eigenvalue weighted by Crippen LogP contribution is -2.25. The molecular weight excluding hydrogens is 783 g/mol. The Balaban J connectivity index is 1.04. The molecule has 0 heterocycles. The monoisotopic (exact) mass is 827 g/mol. The summed E-state index contributed by atoms with van der Waals surface area (Å²) in [6, 6.07) is 93.5. The fourth-order valence-corrected chi connectivity index (χ4v) is 10.7. The number of benzene rings is 11. The highest BCUT2D eigenvalue weighted by molar-refractivity contribution is 6.22. The van der Waals surface area contributed by atoms with Crippen LogP contribution in [0.4, 0.5) is 17.1 Å². The number of anilines is 3. The van der Waals surface area contributed by atoms with Crippen LogP contribution in [0.5, 0.6) is 0 Å². The Morgan fingerprint density at radius 3 is 1.38 bits per heavy atom. The van der Waals surface area contributed by atoms with Crippen LogP contribution in [-0.4, -0.2) is 0 Å². The van der Waals surface area contributed by atoms with Crippen LogP contribution >= 0.6 is 0 Å². The smallest absolute Gasteiger partial charge is 0.0512 e. The molecule has 306 valence electrons. The average Bonchev–Trinajstić information content (AvgIpc) is 3.66. The van der Waals surface area contributed by atoms with Crippen molar-refractivity contribution in [3.63, 3.8) is 0 Å². The van der Waals surface area contributed by atoms with E-state index in [0.717, 1.165) is 11.4 Å². The van der Waals surface area contributed by atoms with Crippen LogP contribution in [0, 0.1) is 0 Å². The molecule has 0 radical (unpaired) electrons. The lowest BCUT2D eigenvalue weighted by atomic mass is 9.73. The van der Waals surface area contributed by atoms with Crippen LogP contribution in [0.15, 0.2) is 255 Å². The first-order chi connectivity index (χ1) is 32.1.